The molecule has 0 aromatic heterocycles. The van der Waals surface area contributed by atoms with E-state index in [4.69, 9.17) is 9.47 Å². The number of hydrogen-bond acceptors (Lipinski definition) is 7. The molecule has 0 aliphatic rings. The molecule has 0 atom stereocenters. The maximum Gasteiger partial charge on any atom is 0.338 e. The molecule has 3 aromatic rings. The van der Waals surface area contributed by atoms with Crippen molar-refractivity contribution >= 4 is 41.7 Å². The first-order valence-corrected chi connectivity index (χ1v) is 12.4. The van der Waals surface area contributed by atoms with Gasteiger partial charge in [-0.3, -0.25) is 14.7 Å². The van der Waals surface area contributed by atoms with E-state index in [9.17, 15) is 24.3 Å². The molecular formula is C24H24N3O7P. The zero-order valence-corrected chi connectivity index (χ0v) is 20.0. The predicted octanol–water partition coefficient (Wildman–Crippen LogP) is 4.99. The van der Waals surface area contributed by atoms with Crippen molar-refractivity contribution < 1.29 is 28.6 Å². The Labute approximate surface area is 201 Å². The lowest BCUT2D eigenvalue weighted by atomic mass is 10.2. The predicted molar refractivity (Wildman–Crippen MR) is 132 cm³/mol. The standard InChI is InChI=1S/C24H24N3O7P/c1-3-33-23(28)17-5-9-19(10-6-17)25-35(32,22-15-13-21(14-16-22)27(30)31)26-20-11-7-18(8-12-20)24(29)34-4-2/h5-16H,3-4H2,1-2H3,(H2,25,26,32). The van der Waals surface area contributed by atoms with Gasteiger partial charge in [0.1, 0.15) is 0 Å². The van der Waals surface area contributed by atoms with Gasteiger partial charge in [0, 0.05) is 23.5 Å². The van der Waals surface area contributed by atoms with Crippen molar-refractivity contribution in [2.24, 2.45) is 0 Å². The maximum absolute atomic E-state index is 14.1. The summed E-state index contributed by atoms with van der Waals surface area (Å²) in [7, 11) is -3.62. The van der Waals surface area contributed by atoms with Gasteiger partial charge in [0.25, 0.3) is 13.1 Å². The van der Waals surface area contributed by atoms with Gasteiger partial charge in [-0.15, -0.1) is 0 Å². The molecule has 10 nitrogen and oxygen atoms in total. The van der Waals surface area contributed by atoms with Crippen LogP contribution in [0.1, 0.15) is 34.6 Å². The average Bonchev–Trinajstić information content (AvgIpc) is 2.85. The number of nitro groups is 1. The lowest BCUT2D eigenvalue weighted by molar-refractivity contribution is -0.384. The summed E-state index contributed by atoms with van der Waals surface area (Å²) in [4.78, 5) is 34.3. The van der Waals surface area contributed by atoms with Gasteiger partial charge in [-0.1, -0.05) is 0 Å². The van der Waals surface area contributed by atoms with Gasteiger partial charge in [0.2, 0.25) is 0 Å². The second-order valence-corrected chi connectivity index (χ2v) is 9.38. The first-order valence-electron chi connectivity index (χ1n) is 10.7. The van der Waals surface area contributed by atoms with Crippen molar-refractivity contribution in [1.82, 2.24) is 0 Å². The number of ether oxygens (including phenoxy) is 2. The van der Waals surface area contributed by atoms with Crippen molar-refractivity contribution in [3.63, 3.8) is 0 Å². The fourth-order valence-electron chi connectivity index (χ4n) is 3.10. The monoisotopic (exact) mass is 497 g/mol. The van der Waals surface area contributed by atoms with E-state index >= 15 is 0 Å². The second-order valence-electron chi connectivity index (χ2n) is 7.20. The van der Waals surface area contributed by atoms with Gasteiger partial charge in [0.15, 0.2) is 0 Å². The van der Waals surface area contributed by atoms with Gasteiger partial charge in [-0.05, 0) is 74.5 Å². The Morgan fingerprint density at radius 3 is 1.51 bits per heavy atom. The van der Waals surface area contributed by atoms with Crippen LogP contribution in [0.4, 0.5) is 17.1 Å². The fraction of sp³-hybridized carbons (Fsp3) is 0.167. The van der Waals surface area contributed by atoms with Crippen molar-refractivity contribution in [1.29, 1.82) is 0 Å². The lowest BCUT2D eigenvalue weighted by Crippen LogP contribution is -2.18. The smallest absolute Gasteiger partial charge is 0.338 e. The minimum Gasteiger partial charge on any atom is -0.462 e. The Kier molecular flexibility index (Phi) is 8.22. The largest absolute Gasteiger partial charge is 0.462 e. The molecule has 35 heavy (non-hydrogen) atoms. The first-order chi connectivity index (χ1) is 16.8. The Morgan fingerprint density at radius 1 is 0.771 bits per heavy atom. The second kappa shape index (κ2) is 11.3. The lowest BCUT2D eigenvalue weighted by Gasteiger charge is -2.23. The number of nitrogens with zero attached hydrogens (tertiary/aromatic N) is 1. The Bertz CT molecular complexity index is 1180. The highest BCUT2D eigenvalue weighted by Crippen LogP contribution is 2.44. The van der Waals surface area contributed by atoms with Crippen LogP contribution in [-0.2, 0) is 14.0 Å². The van der Waals surface area contributed by atoms with E-state index < -0.39 is 24.3 Å². The van der Waals surface area contributed by atoms with E-state index in [2.05, 4.69) is 10.2 Å². The number of non-ortho nitro benzene ring substituents is 1. The molecule has 0 heterocycles. The molecule has 0 radical (unpaired) electrons. The van der Waals surface area contributed by atoms with E-state index in [-0.39, 0.29) is 24.2 Å². The quantitative estimate of drug-likeness (QED) is 0.172. The molecule has 11 heteroatoms. The maximum atomic E-state index is 14.1. The number of carbonyl (C=O) groups is 2. The summed E-state index contributed by atoms with van der Waals surface area (Å²) in [5, 5.41) is 17.2. The van der Waals surface area contributed by atoms with Crippen LogP contribution in [0.15, 0.2) is 72.8 Å². The van der Waals surface area contributed by atoms with Gasteiger partial charge >= 0.3 is 11.9 Å². The third-order valence-electron chi connectivity index (χ3n) is 4.79. The molecule has 182 valence electrons. The van der Waals surface area contributed by atoms with Crippen LogP contribution >= 0.6 is 7.44 Å². The van der Waals surface area contributed by atoms with Crippen molar-refractivity contribution in [3.05, 3.63) is 94.0 Å². The molecule has 0 unspecified atom stereocenters. The summed E-state index contributed by atoms with van der Waals surface area (Å²) < 4.78 is 24.1. The van der Waals surface area contributed by atoms with Crippen LogP contribution in [0.5, 0.6) is 0 Å². The minimum atomic E-state index is -3.62. The van der Waals surface area contributed by atoms with Crippen molar-refractivity contribution in [3.8, 4) is 0 Å². The van der Waals surface area contributed by atoms with E-state index in [1.165, 1.54) is 48.5 Å². The van der Waals surface area contributed by atoms with Gasteiger partial charge < -0.3 is 19.6 Å². The molecule has 3 rings (SSSR count). The number of hydrogen-bond donors (Lipinski definition) is 2. The van der Waals surface area contributed by atoms with Gasteiger partial charge in [-0.25, -0.2) is 9.59 Å². The highest BCUT2D eigenvalue weighted by molar-refractivity contribution is 7.74. The summed E-state index contributed by atoms with van der Waals surface area (Å²) in [6.07, 6.45) is 0. The normalized spacial score (nSPS) is 10.8. The molecule has 0 fully saturated rings. The topological polar surface area (TPSA) is 137 Å². The summed E-state index contributed by atoms with van der Waals surface area (Å²) in [5.74, 6) is -0.949. The Balaban J connectivity index is 1.91. The number of benzene rings is 3. The van der Waals surface area contributed by atoms with Crippen LogP contribution in [0, 0.1) is 10.1 Å². The summed E-state index contributed by atoms with van der Waals surface area (Å²) in [6.45, 7) is 3.90. The molecule has 3 aromatic carbocycles. The fourth-order valence-corrected chi connectivity index (χ4v) is 5.00. The summed E-state index contributed by atoms with van der Waals surface area (Å²) in [6, 6.07) is 17.8. The molecule has 0 aliphatic heterocycles. The number of nitro benzene ring substituents is 1. The van der Waals surface area contributed by atoms with E-state index in [1.54, 1.807) is 38.1 Å². The van der Waals surface area contributed by atoms with Crippen LogP contribution < -0.4 is 15.5 Å². The molecule has 0 amide bonds. The average molecular weight is 497 g/mol. The number of rotatable bonds is 10. The molecule has 2 N–H and O–H groups in total. The highest BCUT2D eigenvalue weighted by Gasteiger charge is 2.26. The molecular weight excluding hydrogens is 473 g/mol. The Hall–Kier alpha value is -4.17. The third-order valence-corrected chi connectivity index (χ3v) is 6.96. The highest BCUT2D eigenvalue weighted by atomic mass is 31.2. The van der Waals surface area contributed by atoms with Crippen LogP contribution in [-0.4, -0.2) is 30.1 Å². The number of esters is 2. The van der Waals surface area contributed by atoms with Crippen molar-refractivity contribution in [2.75, 3.05) is 23.4 Å². The van der Waals surface area contributed by atoms with Crippen LogP contribution in [0.3, 0.4) is 0 Å². The molecule has 0 bridgehead atoms. The molecule has 0 aliphatic carbocycles. The first kappa shape index (κ1) is 25.5. The Morgan fingerprint density at radius 2 is 1.17 bits per heavy atom. The zero-order chi connectivity index (χ0) is 25.4. The zero-order valence-electron chi connectivity index (χ0n) is 19.1. The van der Waals surface area contributed by atoms with E-state index in [0.29, 0.717) is 22.5 Å². The molecule has 0 spiro atoms. The number of nitrogens with one attached hydrogen (secondary N) is 2. The summed E-state index contributed by atoms with van der Waals surface area (Å²) in [5.41, 5.74) is 1.42. The van der Waals surface area contributed by atoms with E-state index in [0.717, 1.165) is 0 Å². The van der Waals surface area contributed by atoms with Crippen molar-refractivity contribution in [2.45, 2.75) is 13.8 Å². The SMILES string of the molecule is CCOC(=O)c1ccc(NP(=O)(Nc2ccc(C(=O)OCC)cc2)c2ccc([N+](=O)[O-])cc2)cc1. The summed E-state index contributed by atoms with van der Waals surface area (Å²) >= 11 is 0. The van der Waals surface area contributed by atoms with Gasteiger partial charge in [-0.2, -0.15) is 0 Å². The number of carbonyl (C=O) groups excluding carboxylic acids is 2. The van der Waals surface area contributed by atoms with E-state index in [1.807, 2.05) is 0 Å². The third kappa shape index (κ3) is 6.45. The minimum absolute atomic E-state index is 0.141. The number of anilines is 2. The molecule has 0 saturated heterocycles. The van der Waals surface area contributed by atoms with Crippen LogP contribution in [0.2, 0.25) is 0 Å². The van der Waals surface area contributed by atoms with Crippen LogP contribution in [0.25, 0.3) is 0 Å². The van der Waals surface area contributed by atoms with Gasteiger partial charge in [0.05, 0.1) is 34.6 Å². The molecule has 0 saturated carbocycles.